The van der Waals surface area contributed by atoms with Crippen LogP contribution < -0.4 is 10.1 Å². The smallest absolute Gasteiger partial charge is 0.141 e. The Balaban J connectivity index is 2.29. The second-order valence-corrected chi connectivity index (χ2v) is 7.80. The Bertz CT molecular complexity index is 610. The number of hydrogen-bond acceptors (Lipinski definition) is 3. The average molecular weight is 303 g/mol. The molecule has 1 unspecified atom stereocenters. The quantitative estimate of drug-likeness (QED) is 0.801. The molecule has 0 amide bonds. The molecule has 0 bridgehead atoms. The lowest BCUT2D eigenvalue weighted by atomic mass is 9.86. The zero-order valence-electron chi connectivity index (χ0n) is 13.8. The standard InChI is InChI=1S/C18H25NOS/c1-12-7-10-17(21-12)13(2)19-15-11-14(18(3,4)5)8-9-16(15)20-6/h7-11,13,19H,1-6H3. The summed E-state index contributed by atoms with van der Waals surface area (Å²) in [6.07, 6.45) is 0. The highest BCUT2D eigenvalue weighted by Gasteiger charge is 2.17. The van der Waals surface area contributed by atoms with Crippen LogP contribution in [-0.2, 0) is 5.41 Å². The minimum absolute atomic E-state index is 0.130. The number of methoxy groups -OCH3 is 1. The molecule has 0 fully saturated rings. The Morgan fingerprint density at radius 3 is 2.38 bits per heavy atom. The number of rotatable bonds is 4. The lowest BCUT2D eigenvalue weighted by Crippen LogP contribution is -2.13. The predicted octanol–water partition coefficient (Wildman–Crippen LogP) is 5.54. The number of aryl methyl sites for hydroxylation is 1. The van der Waals surface area contributed by atoms with Crippen LogP contribution in [0.15, 0.2) is 30.3 Å². The largest absolute Gasteiger partial charge is 0.495 e. The van der Waals surface area contributed by atoms with E-state index in [1.165, 1.54) is 15.3 Å². The molecule has 2 aromatic rings. The van der Waals surface area contributed by atoms with E-state index in [1.807, 2.05) is 11.3 Å². The van der Waals surface area contributed by atoms with Crippen LogP contribution >= 0.6 is 11.3 Å². The van der Waals surface area contributed by atoms with Gasteiger partial charge in [0.15, 0.2) is 0 Å². The fraction of sp³-hybridized carbons (Fsp3) is 0.444. The summed E-state index contributed by atoms with van der Waals surface area (Å²) in [5.41, 5.74) is 2.50. The first-order chi connectivity index (χ1) is 9.81. The van der Waals surface area contributed by atoms with Gasteiger partial charge >= 0.3 is 0 Å². The molecule has 1 atom stereocenters. The molecule has 0 aliphatic rings. The van der Waals surface area contributed by atoms with E-state index in [0.29, 0.717) is 0 Å². The van der Waals surface area contributed by atoms with Gasteiger partial charge in [-0.05, 0) is 49.1 Å². The van der Waals surface area contributed by atoms with Gasteiger partial charge in [-0.15, -0.1) is 11.3 Å². The molecule has 0 saturated heterocycles. The molecule has 0 spiro atoms. The van der Waals surface area contributed by atoms with Crippen molar-refractivity contribution < 1.29 is 4.74 Å². The third-order valence-corrected chi connectivity index (χ3v) is 4.81. The van der Waals surface area contributed by atoms with Crippen molar-refractivity contribution in [3.05, 3.63) is 45.6 Å². The molecular weight excluding hydrogens is 278 g/mol. The number of thiophene rings is 1. The molecule has 21 heavy (non-hydrogen) atoms. The molecule has 3 heteroatoms. The number of ether oxygens (including phenoxy) is 1. The first-order valence-electron chi connectivity index (χ1n) is 7.32. The molecule has 1 N–H and O–H groups in total. The van der Waals surface area contributed by atoms with Crippen LogP contribution in [0.25, 0.3) is 0 Å². The predicted molar refractivity (Wildman–Crippen MR) is 92.8 cm³/mol. The second-order valence-electron chi connectivity index (χ2n) is 6.48. The first-order valence-corrected chi connectivity index (χ1v) is 8.14. The fourth-order valence-electron chi connectivity index (χ4n) is 2.28. The van der Waals surface area contributed by atoms with Crippen molar-refractivity contribution in [3.63, 3.8) is 0 Å². The van der Waals surface area contributed by atoms with Gasteiger partial charge in [-0.3, -0.25) is 0 Å². The maximum Gasteiger partial charge on any atom is 0.141 e. The van der Waals surface area contributed by atoms with Crippen LogP contribution in [0.4, 0.5) is 5.69 Å². The molecule has 0 aliphatic heterocycles. The maximum absolute atomic E-state index is 5.50. The molecule has 0 radical (unpaired) electrons. The van der Waals surface area contributed by atoms with Gasteiger partial charge < -0.3 is 10.1 Å². The van der Waals surface area contributed by atoms with E-state index in [2.05, 4.69) is 70.3 Å². The number of hydrogen-bond donors (Lipinski definition) is 1. The van der Waals surface area contributed by atoms with E-state index in [0.717, 1.165) is 11.4 Å². The van der Waals surface area contributed by atoms with Crippen molar-refractivity contribution in [3.8, 4) is 5.75 Å². The van der Waals surface area contributed by atoms with Crippen molar-refractivity contribution in [1.82, 2.24) is 0 Å². The zero-order chi connectivity index (χ0) is 15.6. The molecule has 0 aliphatic carbocycles. The van der Waals surface area contributed by atoms with E-state index >= 15 is 0 Å². The lowest BCUT2D eigenvalue weighted by molar-refractivity contribution is 0.415. The summed E-state index contributed by atoms with van der Waals surface area (Å²) in [4.78, 5) is 2.68. The van der Waals surface area contributed by atoms with E-state index < -0.39 is 0 Å². The Labute approximate surface area is 132 Å². The number of anilines is 1. The van der Waals surface area contributed by atoms with Crippen molar-refractivity contribution >= 4 is 17.0 Å². The van der Waals surface area contributed by atoms with Gasteiger partial charge in [0, 0.05) is 9.75 Å². The topological polar surface area (TPSA) is 21.3 Å². The van der Waals surface area contributed by atoms with Crippen LogP contribution in [0.5, 0.6) is 5.75 Å². The molecule has 1 heterocycles. The minimum atomic E-state index is 0.130. The summed E-state index contributed by atoms with van der Waals surface area (Å²) >= 11 is 1.83. The monoisotopic (exact) mass is 303 g/mol. The highest BCUT2D eigenvalue weighted by Crippen LogP contribution is 2.34. The molecule has 0 saturated carbocycles. The molecule has 2 nitrogen and oxygen atoms in total. The van der Waals surface area contributed by atoms with Gasteiger partial charge in [0.25, 0.3) is 0 Å². The van der Waals surface area contributed by atoms with Crippen molar-refractivity contribution in [2.24, 2.45) is 0 Å². The van der Waals surface area contributed by atoms with Crippen molar-refractivity contribution in [2.75, 3.05) is 12.4 Å². The Morgan fingerprint density at radius 1 is 1.14 bits per heavy atom. The van der Waals surface area contributed by atoms with Gasteiger partial charge in [-0.2, -0.15) is 0 Å². The molecule has 2 rings (SSSR count). The summed E-state index contributed by atoms with van der Waals surface area (Å²) in [5.74, 6) is 0.892. The van der Waals surface area contributed by atoms with Gasteiger partial charge in [0.05, 0.1) is 18.8 Å². The van der Waals surface area contributed by atoms with Gasteiger partial charge in [0.1, 0.15) is 5.75 Å². The molecule has 114 valence electrons. The lowest BCUT2D eigenvalue weighted by Gasteiger charge is -2.23. The van der Waals surface area contributed by atoms with Crippen molar-refractivity contribution in [1.29, 1.82) is 0 Å². The maximum atomic E-state index is 5.50. The van der Waals surface area contributed by atoms with Crippen LogP contribution in [-0.4, -0.2) is 7.11 Å². The average Bonchev–Trinajstić information content (AvgIpc) is 2.84. The summed E-state index contributed by atoms with van der Waals surface area (Å²) < 4.78 is 5.50. The summed E-state index contributed by atoms with van der Waals surface area (Å²) in [7, 11) is 1.72. The van der Waals surface area contributed by atoms with E-state index in [4.69, 9.17) is 4.74 Å². The second kappa shape index (κ2) is 6.10. The summed E-state index contributed by atoms with van der Waals surface area (Å²) in [6.45, 7) is 11.0. The number of benzene rings is 1. The van der Waals surface area contributed by atoms with E-state index in [9.17, 15) is 0 Å². The normalized spacial score (nSPS) is 13.0. The zero-order valence-corrected chi connectivity index (χ0v) is 14.6. The number of nitrogens with one attached hydrogen (secondary N) is 1. The minimum Gasteiger partial charge on any atom is -0.495 e. The summed E-state index contributed by atoms with van der Waals surface area (Å²) in [6, 6.07) is 11.0. The molecule has 1 aromatic heterocycles. The SMILES string of the molecule is COc1ccc(C(C)(C)C)cc1NC(C)c1ccc(C)s1. The third kappa shape index (κ3) is 3.79. The van der Waals surface area contributed by atoms with Gasteiger partial charge in [-0.1, -0.05) is 26.8 Å². The summed E-state index contributed by atoms with van der Waals surface area (Å²) in [5, 5.41) is 3.59. The Kier molecular flexibility index (Phi) is 4.62. The van der Waals surface area contributed by atoms with Crippen LogP contribution in [0.2, 0.25) is 0 Å². The van der Waals surface area contributed by atoms with Gasteiger partial charge in [0.2, 0.25) is 0 Å². The van der Waals surface area contributed by atoms with Crippen LogP contribution in [0.1, 0.15) is 49.1 Å². The van der Waals surface area contributed by atoms with Crippen LogP contribution in [0.3, 0.4) is 0 Å². The van der Waals surface area contributed by atoms with E-state index in [1.54, 1.807) is 7.11 Å². The fourth-order valence-corrected chi connectivity index (χ4v) is 3.16. The highest BCUT2D eigenvalue weighted by atomic mass is 32.1. The first kappa shape index (κ1) is 15.9. The third-order valence-electron chi connectivity index (χ3n) is 3.63. The van der Waals surface area contributed by atoms with Gasteiger partial charge in [-0.25, -0.2) is 0 Å². The molecule has 1 aromatic carbocycles. The van der Waals surface area contributed by atoms with E-state index in [-0.39, 0.29) is 11.5 Å². The molecular formula is C18H25NOS. The Morgan fingerprint density at radius 2 is 1.86 bits per heavy atom. The van der Waals surface area contributed by atoms with Crippen LogP contribution in [0, 0.1) is 6.92 Å². The van der Waals surface area contributed by atoms with Crippen molar-refractivity contribution in [2.45, 2.75) is 46.1 Å². The Hall–Kier alpha value is -1.48. The highest BCUT2D eigenvalue weighted by molar-refractivity contribution is 7.12.